The Hall–Kier alpha value is -2.96. The summed E-state index contributed by atoms with van der Waals surface area (Å²) in [4.78, 5) is 26.9. The van der Waals surface area contributed by atoms with E-state index in [2.05, 4.69) is 10.3 Å². The summed E-state index contributed by atoms with van der Waals surface area (Å²) in [6, 6.07) is 12.2. The van der Waals surface area contributed by atoms with Gasteiger partial charge in [0.15, 0.2) is 5.69 Å². The van der Waals surface area contributed by atoms with Crippen LogP contribution >= 0.6 is 0 Å². The molecule has 1 aromatic carbocycles. The molecule has 7 nitrogen and oxygen atoms in total. The fourth-order valence-electron chi connectivity index (χ4n) is 3.19. The molecule has 3 rings (SSSR count). The summed E-state index contributed by atoms with van der Waals surface area (Å²) >= 11 is 0. The molecule has 2 atom stereocenters. The molecule has 0 radical (unpaired) electrons. The van der Waals surface area contributed by atoms with Gasteiger partial charge in [0.1, 0.15) is 5.82 Å². The van der Waals surface area contributed by atoms with Crippen molar-refractivity contribution < 1.29 is 14.5 Å². The molecule has 1 heterocycles. The van der Waals surface area contributed by atoms with Crippen LogP contribution < -0.4 is 5.32 Å². The number of esters is 1. The minimum Gasteiger partial charge on any atom is -0.469 e. The van der Waals surface area contributed by atoms with Crippen LogP contribution in [0.5, 0.6) is 0 Å². The Labute approximate surface area is 145 Å². The van der Waals surface area contributed by atoms with Crippen molar-refractivity contribution in [3.05, 3.63) is 52.6 Å². The smallest absolute Gasteiger partial charge is 0.308 e. The average molecular weight is 341 g/mol. The monoisotopic (exact) mass is 341 g/mol. The fourth-order valence-corrected chi connectivity index (χ4v) is 3.19. The SMILES string of the molecule is COC(=O)[C@H]1CC[C@@H](Nc2ccc([N+](=O)[O-])c(-c3ccccc3)n2)C1. The molecule has 0 amide bonds. The van der Waals surface area contributed by atoms with E-state index in [9.17, 15) is 14.9 Å². The van der Waals surface area contributed by atoms with E-state index < -0.39 is 4.92 Å². The lowest BCUT2D eigenvalue weighted by molar-refractivity contribution is -0.384. The van der Waals surface area contributed by atoms with Crippen molar-refractivity contribution in [2.45, 2.75) is 25.3 Å². The molecule has 7 heteroatoms. The molecule has 0 spiro atoms. The summed E-state index contributed by atoms with van der Waals surface area (Å²) < 4.78 is 4.79. The predicted molar refractivity (Wildman–Crippen MR) is 93.1 cm³/mol. The van der Waals surface area contributed by atoms with Gasteiger partial charge in [-0.15, -0.1) is 0 Å². The van der Waals surface area contributed by atoms with Gasteiger partial charge in [-0.3, -0.25) is 14.9 Å². The minimum atomic E-state index is -0.429. The molecule has 0 unspecified atom stereocenters. The number of rotatable bonds is 5. The first-order valence-corrected chi connectivity index (χ1v) is 8.13. The van der Waals surface area contributed by atoms with E-state index in [1.165, 1.54) is 13.2 Å². The van der Waals surface area contributed by atoms with Crippen LogP contribution in [-0.4, -0.2) is 29.0 Å². The molecular weight excluding hydrogens is 322 g/mol. The highest BCUT2D eigenvalue weighted by atomic mass is 16.6. The Balaban J connectivity index is 1.82. The number of benzene rings is 1. The fraction of sp³-hybridized carbons (Fsp3) is 0.333. The molecule has 1 aliphatic rings. The maximum absolute atomic E-state index is 11.6. The molecular formula is C18H19N3O4. The van der Waals surface area contributed by atoms with Gasteiger partial charge in [-0.25, -0.2) is 4.98 Å². The number of ether oxygens (including phenoxy) is 1. The normalized spacial score (nSPS) is 19.4. The number of anilines is 1. The zero-order valence-electron chi connectivity index (χ0n) is 13.8. The van der Waals surface area contributed by atoms with Gasteiger partial charge >= 0.3 is 5.97 Å². The third-order valence-corrected chi connectivity index (χ3v) is 4.44. The average Bonchev–Trinajstić information content (AvgIpc) is 3.10. The molecule has 0 saturated heterocycles. The van der Waals surface area contributed by atoms with Gasteiger partial charge in [-0.2, -0.15) is 0 Å². The molecule has 0 aliphatic heterocycles. The van der Waals surface area contributed by atoms with E-state index in [1.807, 2.05) is 18.2 Å². The number of aromatic nitrogens is 1. The van der Waals surface area contributed by atoms with Gasteiger partial charge in [0, 0.05) is 17.7 Å². The van der Waals surface area contributed by atoms with Crippen LogP contribution in [0.4, 0.5) is 11.5 Å². The van der Waals surface area contributed by atoms with Crippen molar-refractivity contribution in [2.75, 3.05) is 12.4 Å². The van der Waals surface area contributed by atoms with Gasteiger partial charge in [0.05, 0.1) is 18.0 Å². The summed E-state index contributed by atoms with van der Waals surface area (Å²) in [5.41, 5.74) is 0.991. The maximum Gasteiger partial charge on any atom is 0.308 e. The van der Waals surface area contributed by atoms with Crippen LogP contribution in [0.3, 0.4) is 0 Å². The number of hydrogen-bond donors (Lipinski definition) is 1. The number of methoxy groups -OCH3 is 1. The van der Waals surface area contributed by atoms with Gasteiger partial charge in [0.2, 0.25) is 0 Å². The number of nitrogens with one attached hydrogen (secondary N) is 1. The quantitative estimate of drug-likeness (QED) is 0.509. The molecule has 0 bridgehead atoms. The Morgan fingerprint density at radius 1 is 1.24 bits per heavy atom. The molecule has 25 heavy (non-hydrogen) atoms. The lowest BCUT2D eigenvalue weighted by Gasteiger charge is -2.14. The first-order valence-electron chi connectivity index (χ1n) is 8.13. The van der Waals surface area contributed by atoms with Crippen molar-refractivity contribution in [3.8, 4) is 11.3 Å². The van der Waals surface area contributed by atoms with Crippen molar-refractivity contribution in [3.63, 3.8) is 0 Å². The van der Waals surface area contributed by atoms with Crippen molar-refractivity contribution in [1.29, 1.82) is 0 Å². The summed E-state index contributed by atoms with van der Waals surface area (Å²) in [5, 5.41) is 14.6. The van der Waals surface area contributed by atoms with Gasteiger partial charge < -0.3 is 10.1 Å². The summed E-state index contributed by atoms with van der Waals surface area (Å²) in [6.45, 7) is 0. The van der Waals surface area contributed by atoms with E-state index in [4.69, 9.17) is 4.74 Å². The Morgan fingerprint density at radius 3 is 2.68 bits per heavy atom. The number of pyridine rings is 1. The summed E-state index contributed by atoms with van der Waals surface area (Å²) in [7, 11) is 1.40. The van der Waals surface area contributed by atoms with Gasteiger partial charge in [0.25, 0.3) is 5.69 Å². The molecule has 130 valence electrons. The van der Waals surface area contributed by atoms with E-state index in [-0.39, 0.29) is 23.6 Å². The molecule has 1 aliphatic carbocycles. The predicted octanol–water partition coefficient (Wildman–Crippen LogP) is 3.41. The highest BCUT2D eigenvalue weighted by Gasteiger charge is 2.31. The second-order valence-corrected chi connectivity index (χ2v) is 6.06. The van der Waals surface area contributed by atoms with E-state index in [1.54, 1.807) is 18.2 Å². The third-order valence-electron chi connectivity index (χ3n) is 4.44. The Kier molecular flexibility index (Phi) is 4.92. The number of hydrogen-bond acceptors (Lipinski definition) is 6. The molecule has 1 fully saturated rings. The molecule has 2 aromatic rings. The van der Waals surface area contributed by atoms with Crippen LogP contribution in [0.1, 0.15) is 19.3 Å². The van der Waals surface area contributed by atoms with Crippen molar-refractivity contribution >= 4 is 17.5 Å². The van der Waals surface area contributed by atoms with E-state index in [0.29, 0.717) is 23.5 Å². The highest BCUT2D eigenvalue weighted by molar-refractivity contribution is 5.73. The van der Waals surface area contributed by atoms with Crippen molar-refractivity contribution in [1.82, 2.24) is 4.98 Å². The molecule has 1 aromatic heterocycles. The second-order valence-electron chi connectivity index (χ2n) is 6.06. The Bertz CT molecular complexity index is 779. The number of nitro groups is 1. The number of nitrogens with zero attached hydrogens (tertiary/aromatic N) is 2. The summed E-state index contributed by atoms with van der Waals surface area (Å²) in [6.07, 6.45) is 2.27. The topological polar surface area (TPSA) is 94.4 Å². The van der Waals surface area contributed by atoms with Gasteiger partial charge in [-0.05, 0) is 25.3 Å². The van der Waals surface area contributed by atoms with Crippen LogP contribution in [-0.2, 0) is 9.53 Å². The lowest BCUT2D eigenvalue weighted by Crippen LogP contribution is -2.19. The molecule has 1 N–H and O–H groups in total. The van der Waals surface area contributed by atoms with Crippen LogP contribution in [0.25, 0.3) is 11.3 Å². The zero-order chi connectivity index (χ0) is 17.8. The van der Waals surface area contributed by atoms with Crippen LogP contribution in [0.2, 0.25) is 0 Å². The van der Waals surface area contributed by atoms with Crippen molar-refractivity contribution in [2.24, 2.45) is 5.92 Å². The zero-order valence-corrected chi connectivity index (χ0v) is 13.8. The van der Waals surface area contributed by atoms with E-state index in [0.717, 1.165) is 12.8 Å². The Morgan fingerprint density at radius 2 is 2.00 bits per heavy atom. The maximum atomic E-state index is 11.6. The lowest BCUT2D eigenvalue weighted by atomic mass is 10.1. The standard InChI is InChI=1S/C18H19N3O4/c1-25-18(22)13-7-8-14(11-13)19-16-10-9-15(21(23)24)17(20-16)12-5-3-2-4-6-12/h2-6,9-10,13-14H,7-8,11H2,1H3,(H,19,20)/t13-,14+/m0/s1. The second kappa shape index (κ2) is 7.29. The molecule has 1 saturated carbocycles. The third kappa shape index (κ3) is 3.76. The van der Waals surface area contributed by atoms with Crippen LogP contribution in [0.15, 0.2) is 42.5 Å². The van der Waals surface area contributed by atoms with E-state index >= 15 is 0 Å². The van der Waals surface area contributed by atoms with Crippen LogP contribution in [0, 0.1) is 16.0 Å². The largest absolute Gasteiger partial charge is 0.469 e. The first-order chi connectivity index (χ1) is 12.1. The number of carbonyl (C=O) groups excluding carboxylic acids is 1. The van der Waals surface area contributed by atoms with Gasteiger partial charge in [-0.1, -0.05) is 30.3 Å². The number of carbonyl (C=O) groups is 1. The summed E-state index contributed by atoms with van der Waals surface area (Å²) in [5.74, 6) is 0.278. The minimum absolute atomic E-state index is 0.0318. The highest BCUT2D eigenvalue weighted by Crippen LogP contribution is 2.32. The first kappa shape index (κ1) is 16.9.